The summed E-state index contributed by atoms with van der Waals surface area (Å²) < 4.78 is 0. The van der Waals surface area contributed by atoms with Gasteiger partial charge in [-0.2, -0.15) is 0 Å². The van der Waals surface area contributed by atoms with Crippen LogP contribution in [0.4, 0.5) is 0 Å². The van der Waals surface area contributed by atoms with Crippen molar-refractivity contribution < 1.29 is 5.11 Å². The van der Waals surface area contributed by atoms with E-state index in [2.05, 4.69) is 6.92 Å². The van der Waals surface area contributed by atoms with Crippen LogP contribution in [0.25, 0.3) is 0 Å². The highest BCUT2D eigenvalue weighted by Gasteiger charge is 1.68. The van der Waals surface area contributed by atoms with Crippen LogP contribution in [0.2, 0.25) is 0 Å². The molecule has 0 spiro atoms. The molecule has 0 amide bonds. The summed E-state index contributed by atoms with van der Waals surface area (Å²) in [5, 5.41) is 6.53. The number of unbranched alkanes of at least 4 members (excludes halogenated alkanes) is 1. The Balaban J connectivity index is 2.66. The largest absolute Gasteiger partial charge is 0.599 e. The van der Waals surface area contributed by atoms with E-state index in [0.29, 0.717) is 0 Å². The van der Waals surface area contributed by atoms with Gasteiger partial charge in [0.25, 0.3) is 0 Å². The van der Waals surface area contributed by atoms with Crippen LogP contribution in [0.5, 0.6) is 0 Å². The van der Waals surface area contributed by atoms with Crippen LogP contribution < -0.4 is 0 Å². The molecule has 0 aromatic carbocycles. The van der Waals surface area contributed by atoms with E-state index in [-0.39, 0.29) is 0 Å². The molecule has 36 valence electrons. The topological polar surface area (TPSA) is 22.9 Å². The highest BCUT2D eigenvalue weighted by Crippen LogP contribution is 1.84. The summed E-state index contributed by atoms with van der Waals surface area (Å²) in [7, 11) is 0. The molecule has 0 saturated carbocycles. The van der Waals surface area contributed by atoms with Crippen LogP contribution in [0, 0.1) is 0 Å². The molecule has 2 N–H and O–H groups in total. The Bertz CT molecular complexity index is 39.2. The number of rotatable bonds is 2. The molecule has 0 aliphatic rings. The zero-order valence-corrected chi connectivity index (χ0v) is 4.07. The van der Waals surface area contributed by atoms with Gasteiger partial charge in [0.2, 0.25) is 6.26 Å². The molecule has 0 unspecified atom stereocenters. The van der Waals surface area contributed by atoms with Gasteiger partial charge in [0.05, 0.1) is 0 Å². The first kappa shape index (κ1) is 5.54. The Hall–Kier alpha value is -0.460. The second-order valence-electron chi connectivity index (χ2n) is 1.19. The molecule has 0 radical (unpaired) electrons. The Kier molecular flexibility index (Phi) is 4.19. The second-order valence-corrected chi connectivity index (χ2v) is 1.19. The van der Waals surface area contributed by atoms with Crippen molar-refractivity contribution in [2.24, 2.45) is 0 Å². The lowest BCUT2D eigenvalue weighted by molar-refractivity contribution is 0.470. The first-order valence-corrected chi connectivity index (χ1v) is 2.24. The van der Waals surface area contributed by atoms with Crippen molar-refractivity contribution in [1.82, 2.24) is 0 Å². The van der Waals surface area contributed by atoms with E-state index < -0.39 is 0 Å². The average Bonchev–Trinajstić information content (AvgIpc) is 1.61. The lowest BCUT2D eigenvalue weighted by atomic mass is 10.3. The quantitative estimate of drug-likeness (QED) is 0.354. The molecule has 6 heavy (non-hydrogen) atoms. The van der Waals surface area contributed by atoms with Crippen LogP contribution in [0.1, 0.15) is 19.8 Å². The Morgan fingerprint density at radius 3 is 2.50 bits per heavy atom. The van der Waals surface area contributed by atoms with Crippen molar-refractivity contribution >= 4 is 0 Å². The molecular weight excluding hydrogens is 76.1 g/mol. The summed E-state index contributed by atoms with van der Waals surface area (Å²) in [4.78, 5) is 0. The normalized spacial score (nSPS) is 10.2. The predicted octanol–water partition coefficient (Wildman–Crippen LogP) is 1.02. The summed E-state index contributed by atoms with van der Waals surface area (Å²) in [6, 6.07) is 0. The third-order valence-corrected chi connectivity index (χ3v) is 0.573. The Labute approximate surface area is 38.3 Å². The minimum atomic E-state index is 1.05. The van der Waals surface area contributed by atoms with E-state index in [1.165, 1.54) is 6.26 Å². The molecule has 0 aliphatic heterocycles. The summed E-state index contributed by atoms with van der Waals surface area (Å²) >= 11 is 0. The minimum absolute atomic E-state index is 1.05. The van der Waals surface area contributed by atoms with Crippen LogP contribution in [-0.4, -0.2) is 5.11 Å². The standard InChI is InChI=1S/C5H10O/c1-2-3-4-5-6/h4-6H,2-3H2,1H3/p+1/b5-4+. The lowest BCUT2D eigenvalue weighted by Gasteiger charge is -1.73. The van der Waals surface area contributed by atoms with Crippen LogP contribution in [-0.2, 0) is 0 Å². The lowest BCUT2D eigenvalue weighted by Crippen LogP contribution is -1.57. The SMILES string of the molecule is CCC/C=C/[OH2+]. The fraction of sp³-hybridized carbons (Fsp3) is 0.600. The molecule has 0 aromatic heterocycles. The highest BCUT2D eigenvalue weighted by atomic mass is 16.2. The van der Waals surface area contributed by atoms with E-state index in [9.17, 15) is 0 Å². The van der Waals surface area contributed by atoms with Gasteiger partial charge in [0.1, 0.15) is 0 Å². The molecule has 0 atom stereocenters. The smallest absolute Gasteiger partial charge is 0.212 e. The first-order chi connectivity index (χ1) is 2.91. The fourth-order valence-electron chi connectivity index (χ4n) is 0.250. The van der Waals surface area contributed by atoms with Gasteiger partial charge in [-0.25, -0.2) is 0 Å². The van der Waals surface area contributed by atoms with Gasteiger partial charge in [0.15, 0.2) is 0 Å². The molecule has 0 rings (SSSR count). The number of hydrogen-bond acceptors (Lipinski definition) is 0. The first-order valence-electron chi connectivity index (χ1n) is 2.24. The van der Waals surface area contributed by atoms with E-state index in [0.717, 1.165) is 12.8 Å². The van der Waals surface area contributed by atoms with Gasteiger partial charge in [-0.1, -0.05) is 13.3 Å². The van der Waals surface area contributed by atoms with Crippen molar-refractivity contribution in [2.75, 3.05) is 0 Å². The third-order valence-electron chi connectivity index (χ3n) is 0.573. The fourth-order valence-corrected chi connectivity index (χ4v) is 0.250. The van der Waals surface area contributed by atoms with Gasteiger partial charge in [-0.05, 0) is 6.42 Å². The van der Waals surface area contributed by atoms with Crippen LogP contribution in [0.3, 0.4) is 0 Å². The maximum Gasteiger partial charge on any atom is 0.212 e. The van der Waals surface area contributed by atoms with Crippen LogP contribution in [0.15, 0.2) is 12.3 Å². The van der Waals surface area contributed by atoms with Crippen molar-refractivity contribution in [2.45, 2.75) is 19.8 Å². The van der Waals surface area contributed by atoms with Gasteiger partial charge < -0.3 is 5.11 Å². The molecule has 0 heterocycles. The molecule has 0 fully saturated rings. The van der Waals surface area contributed by atoms with E-state index in [1.54, 1.807) is 0 Å². The number of hydrogen-bond donors (Lipinski definition) is 0. The molecule has 1 nitrogen and oxygen atoms in total. The zero-order chi connectivity index (χ0) is 4.83. The molecule has 1 heteroatoms. The van der Waals surface area contributed by atoms with Crippen LogP contribution >= 0.6 is 0 Å². The number of allylic oxidation sites excluding steroid dienone is 1. The van der Waals surface area contributed by atoms with Crippen molar-refractivity contribution in [3.05, 3.63) is 12.3 Å². The van der Waals surface area contributed by atoms with E-state index in [1.807, 2.05) is 6.08 Å². The molecule has 0 bridgehead atoms. The van der Waals surface area contributed by atoms with Crippen molar-refractivity contribution in [1.29, 1.82) is 0 Å². The summed E-state index contributed by atoms with van der Waals surface area (Å²) in [5.41, 5.74) is 0. The second kappa shape index (κ2) is 4.54. The Morgan fingerprint density at radius 2 is 2.33 bits per heavy atom. The molecule has 0 saturated heterocycles. The molecule has 0 aromatic rings. The van der Waals surface area contributed by atoms with E-state index in [4.69, 9.17) is 5.11 Å². The third kappa shape index (κ3) is 3.54. The van der Waals surface area contributed by atoms with Crippen molar-refractivity contribution in [3.8, 4) is 0 Å². The average molecular weight is 87.1 g/mol. The highest BCUT2D eigenvalue weighted by molar-refractivity contribution is 4.69. The summed E-state index contributed by atoms with van der Waals surface area (Å²) in [6.07, 6.45) is 5.38. The van der Waals surface area contributed by atoms with Gasteiger partial charge in [-0.15, -0.1) is 0 Å². The van der Waals surface area contributed by atoms with Gasteiger partial charge >= 0.3 is 0 Å². The van der Waals surface area contributed by atoms with Crippen molar-refractivity contribution in [3.63, 3.8) is 0 Å². The van der Waals surface area contributed by atoms with Gasteiger partial charge in [0, 0.05) is 6.08 Å². The molecule has 0 aliphatic carbocycles. The maximum absolute atomic E-state index is 6.53. The molecular formula is C5H11O+. The maximum atomic E-state index is 6.53. The summed E-state index contributed by atoms with van der Waals surface area (Å²) in [5.74, 6) is 0. The predicted molar refractivity (Wildman–Crippen MR) is 27.7 cm³/mol. The Morgan fingerprint density at radius 1 is 1.67 bits per heavy atom. The van der Waals surface area contributed by atoms with Gasteiger partial charge in [-0.3, -0.25) is 0 Å². The monoisotopic (exact) mass is 87.1 g/mol. The minimum Gasteiger partial charge on any atom is -0.599 e. The zero-order valence-electron chi connectivity index (χ0n) is 4.07. The van der Waals surface area contributed by atoms with E-state index >= 15 is 0 Å². The summed E-state index contributed by atoms with van der Waals surface area (Å²) in [6.45, 7) is 2.10.